The van der Waals surface area contributed by atoms with Crippen molar-refractivity contribution in [1.82, 2.24) is 0 Å². The summed E-state index contributed by atoms with van der Waals surface area (Å²) in [4.78, 5) is 12.3. The fourth-order valence-electron chi connectivity index (χ4n) is 2.35. The Morgan fingerprint density at radius 3 is 2.41 bits per heavy atom. The van der Waals surface area contributed by atoms with Gasteiger partial charge in [-0.25, -0.2) is 4.79 Å². The molecule has 27 heavy (non-hydrogen) atoms. The molecule has 2 aromatic rings. The van der Waals surface area contributed by atoms with Gasteiger partial charge in [-0.1, -0.05) is 64.2 Å². The number of hydrogen-bond acceptors (Lipinski definition) is 3. The van der Waals surface area contributed by atoms with Crippen LogP contribution in [0.15, 0.2) is 45.6 Å². The second kappa shape index (κ2) is 8.29. The predicted octanol–water partition coefficient (Wildman–Crippen LogP) is 5.63. The van der Waals surface area contributed by atoms with Gasteiger partial charge < -0.3 is 9.15 Å². The van der Waals surface area contributed by atoms with Gasteiger partial charge in [0.1, 0.15) is 8.07 Å². The molecule has 4 heteroatoms. The Kier molecular flexibility index (Phi) is 6.51. The first-order valence-corrected chi connectivity index (χ1v) is 12.3. The summed E-state index contributed by atoms with van der Waals surface area (Å²) < 4.78 is 11.4. The Balaban J connectivity index is 2.27. The average molecular weight is 383 g/mol. The molecule has 1 aromatic carbocycles. The smallest absolute Gasteiger partial charge is 0.340 e. The third-order valence-corrected chi connectivity index (χ3v) is 9.88. The molecule has 3 nitrogen and oxygen atoms in total. The van der Waals surface area contributed by atoms with Crippen molar-refractivity contribution in [3.8, 4) is 11.5 Å². The van der Waals surface area contributed by atoms with Gasteiger partial charge in [-0.05, 0) is 42.0 Å². The molecule has 144 valence electrons. The maximum atomic E-state index is 12.3. The lowest BCUT2D eigenvalue weighted by Crippen LogP contribution is -2.35. The summed E-state index contributed by atoms with van der Waals surface area (Å²) in [6.07, 6.45) is -0.220. The van der Waals surface area contributed by atoms with E-state index >= 15 is 0 Å². The summed E-state index contributed by atoms with van der Waals surface area (Å²) in [6, 6.07) is 11.9. The van der Waals surface area contributed by atoms with Crippen LogP contribution in [0.5, 0.6) is 0 Å². The van der Waals surface area contributed by atoms with Gasteiger partial charge in [0, 0.05) is 5.56 Å². The minimum Gasteiger partial charge on any atom is -0.414 e. The highest BCUT2D eigenvalue weighted by atomic mass is 28.3. The molecule has 0 spiro atoms. The lowest BCUT2D eigenvalue weighted by atomic mass is 10.1. The summed E-state index contributed by atoms with van der Waals surface area (Å²) in [5.41, 5.74) is 5.57. The van der Waals surface area contributed by atoms with E-state index in [1.165, 1.54) is 0 Å². The van der Waals surface area contributed by atoms with Crippen LogP contribution in [0.2, 0.25) is 18.1 Å². The minimum atomic E-state index is -1.78. The van der Waals surface area contributed by atoms with Crippen molar-refractivity contribution in [3.05, 3.63) is 69.3 Å². The van der Waals surface area contributed by atoms with Gasteiger partial charge in [-0.2, -0.15) is 0 Å². The Labute approximate surface area is 163 Å². The second-order valence-electron chi connectivity index (χ2n) is 8.54. The van der Waals surface area contributed by atoms with Crippen molar-refractivity contribution < 1.29 is 9.15 Å². The SMILES string of the molecule is Cc1c(C(C)OCc2ccccc2)cc(C#C[Si](C)(C)C(C)(C)C)oc1=O. The highest BCUT2D eigenvalue weighted by Crippen LogP contribution is 2.35. The van der Waals surface area contributed by atoms with E-state index in [4.69, 9.17) is 9.15 Å². The Morgan fingerprint density at radius 1 is 1.19 bits per heavy atom. The first-order chi connectivity index (χ1) is 12.5. The Hall–Kier alpha value is -2.09. The zero-order chi connectivity index (χ0) is 20.2. The Morgan fingerprint density at radius 2 is 1.81 bits per heavy atom. The summed E-state index contributed by atoms with van der Waals surface area (Å²) >= 11 is 0. The molecule has 2 rings (SSSR count). The van der Waals surface area contributed by atoms with Crippen LogP contribution in [0, 0.1) is 18.4 Å². The molecule has 0 N–H and O–H groups in total. The van der Waals surface area contributed by atoms with Crippen LogP contribution < -0.4 is 5.63 Å². The lowest BCUT2D eigenvalue weighted by molar-refractivity contribution is 0.0516. The van der Waals surface area contributed by atoms with Crippen molar-refractivity contribution in [3.63, 3.8) is 0 Å². The molecule has 0 aliphatic rings. The van der Waals surface area contributed by atoms with Gasteiger partial charge in [0.15, 0.2) is 5.76 Å². The summed E-state index contributed by atoms with van der Waals surface area (Å²) in [6.45, 7) is 15.3. The van der Waals surface area contributed by atoms with Crippen LogP contribution in [0.4, 0.5) is 0 Å². The average Bonchev–Trinajstić information content (AvgIpc) is 2.60. The van der Waals surface area contributed by atoms with E-state index in [0.29, 0.717) is 17.9 Å². The van der Waals surface area contributed by atoms with E-state index < -0.39 is 8.07 Å². The largest absolute Gasteiger partial charge is 0.414 e. The minimum absolute atomic E-state index is 0.153. The van der Waals surface area contributed by atoms with Gasteiger partial charge >= 0.3 is 5.63 Å². The normalized spacial score (nSPS) is 13.0. The predicted molar refractivity (Wildman–Crippen MR) is 113 cm³/mol. The van der Waals surface area contributed by atoms with Crippen molar-refractivity contribution in [1.29, 1.82) is 0 Å². The maximum absolute atomic E-state index is 12.3. The van der Waals surface area contributed by atoms with Gasteiger partial charge in [-0.3, -0.25) is 0 Å². The fraction of sp³-hybridized carbons (Fsp3) is 0.435. The van der Waals surface area contributed by atoms with Crippen LogP contribution in [0.1, 0.15) is 56.2 Å². The van der Waals surface area contributed by atoms with Gasteiger partial charge in [-0.15, -0.1) is 5.54 Å². The van der Waals surface area contributed by atoms with Crippen molar-refractivity contribution in [2.75, 3.05) is 0 Å². The zero-order valence-corrected chi connectivity index (χ0v) is 18.5. The van der Waals surface area contributed by atoms with E-state index in [0.717, 1.165) is 11.1 Å². The number of benzene rings is 1. The quantitative estimate of drug-likeness (QED) is 0.508. The first-order valence-electron chi connectivity index (χ1n) is 9.34. The summed E-state index contributed by atoms with van der Waals surface area (Å²) in [7, 11) is -1.78. The van der Waals surface area contributed by atoms with Crippen LogP contribution >= 0.6 is 0 Å². The third kappa shape index (κ3) is 5.44. The standard InChI is InChI=1S/C23H30O3Si/c1-17-21(18(2)25-16-19-11-9-8-10-12-19)15-20(26-22(17)24)13-14-27(6,7)23(3,4)5/h8-12,15,18H,16H2,1-7H3. The van der Waals surface area contributed by atoms with Crippen LogP contribution in [0.25, 0.3) is 0 Å². The summed E-state index contributed by atoms with van der Waals surface area (Å²) in [5.74, 6) is 3.54. The molecule has 0 bridgehead atoms. The fourth-order valence-corrected chi connectivity index (χ4v) is 3.16. The first kappa shape index (κ1) is 21.2. The van der Waals surface area contributed by atoms with E-state index in [1.54, 1.807) is 6.92 Å². The molecular formula is C23H30O3Si. The zero-order valence-electron chi connectivity index (χ0n) is 17.5. The lowest BCUT2D eigenvalue weighted by Gasteiger charge is -2.31. The molecule has 1 unspecified atom stereocenters. The van der Waals surface area contributed by atoms with E-state index in [-0.39, 0.29) is 16.8 Å². The molecule has 0 saturated carbocycles. The highest BCUT2D eigenvalue weighted by molar-refractivity contribution is 6.87. The molecular weight excluding hydrogens is 352 g/mol. The number of ether oxygens (including phenoxy) is 1. The second-order valence-corrected chi connectivity index (χ2v) is 13.5. The van der Waals surface area contributed by atoms with E-state index in [9.17, 15) is 4.79 Å². The van der Waals surface area contributed by atoms with Gasteiger partial charge in [0.25, 0.3) is 0 Å². The molecule has 0 fully saturated rings. The van der Waals surface area contributed by atoms with E-state index in [2.05, 4.69) is 45.3 Å². The monoisotopic (exact) mass is 382 g/mol. The van der Waals surface area contributed by atoms with Crippen LogP contribution in [-0.4, -0.2) is 8.07 Å². The van der Waals surface area contributed by atoms with Crippen molar-refractivity contribution in [2.45, 2.75) is 65.5 Å². The third-order valence-electron chi connectivity index (χ3n) is 5.38. The van der Waals surface area contributed by atoms with Crippen molar-refractivity contribution in [2.24, 2.45) is 0 Å². The van der Waals surface area contributed by atoms with E-state index in [1.807, 2.05) is 43.3 Å². The molecule has 1 heterocycles. The topological polar surface area (TPSA) is 39.4 Å². The van der Waals surface area contributed by atoms with Gasteiger partial charge in [0.2, 0.25) is 0 Å². The molecule has 1 atom stereocenters. The highest BCUT2D eigenvalue weighted by Gasteiger charge is 2.33. The molecule has 0 aliphatic carbocycles. The van der Waals surface area contributed by atoms with Crippen LogP contribution in [-0.2, 0) is 11.3 Å². The molecule has 0 aliphatic heterocycles. The molecule has 0 radical (unpaired) electrons. The van der Waals surface area contributed by atoms with Crippen LogP contribution in [0.3, 0.4) is 0 Å². The number of hydrogen-bond donors (Lipinski definition) is 0. The van der Waals surface area contributed by atoms with Crippen molar-refractivity contribution >= 4 is 8.07 Å². The molecule has 0 saturated heterocycles. The maximum Gasteiger partial charge on any atom is 0.340 e. The number of rotatable bonds is 4. The van der Waals surface area contributed by atoms with Gasteiger partial charge in [0.05, 0.1) is 12.7 Å². The Bertz CT molecular complexity index is 893. The summed E-state index contributed by atoms with van der Waals surface area (Å²) in [5, 5.41) is 0.153. The molecule has 0 amide bonds. The molecule has 1 aromatic heterocycles.